The molecule has 7 heteroatoms. The highest BCUT2D eigenvalue weighted by Crippen LogP contribution is 2.21. The molecule has 2 aromatic rings. The third-order valence-corrected chi connectivity index (χ3v) is 4.69. The molecule has 0 radical (unpaired) electrons. The number of nitrogens with one attached hydrogen (secondary N) is 1. The quantitative estimate of drug-likeness (QED) is 0.891. The third-order valence-electron chi connectivity index (χ3n) is 4.69. The van der Waals surface area contributed by atoms with E-state index in [0.29, 0.717) is 18.7 Å². The van der Waals surface area contributed by atoms with Crippen LogP contribution >= 0.6 is 0 Å². The minimum atomic E-state index is -2.48. The van der Waals surface area contributed by atoms with Crippen LogP contribution in [0.15, 0.2) is 36.5 Å². The number of nitrogens with zero attached hydrogens (tertiary/aromatic N) is 2. The highest BCUT2D eigenvalue weighted by Gasteiger charge is 2.33. The maximum atomic E-state index is 12.8. The largest absolute Gasteiger partial charge is 0.351 e. The van der Waals surface area contributed by atoms with Gasteiger partial charge < -0.3 is 10.2 Å². The molecule has 0 bridgehead atoms. The molecule has 2 heterocycles. The van der Waals surface area contributed by atoms with Gasteiger partial charge in [-0.3, -0.25) is 14.6 Å². The van der Waals surface area contributed by atoms with E-state index < -0.39 is 18.8 Å². The molecule has 0 unspecified atom stereocenters. The second-order valence-corrected chi connectivity index (χ2v) is 6.70. The van der Waals surface area contributed by atoms with E-state index in [-0.39, 0.29) is 24.3 Å². The molecular formula is C19H21F2N3O2. The Balaban J connectivity index is 1.64. The summed E-state index contributed by atoms with van der Waals surface area (Å²) in [6.45, 7) is 2.83. The maximum Gasteiger partial charge on any atom is 0.254 e. The number of benzene rings is 1. The molecule has 138 valence electrons. The fourth-order valence-corrected chi connectivity index (χ4v) is 3.22. The number of hydrogen-bond acceptors (Lipinski definition) is 3. The molecule has 5 nitrogen and oxygen atoms in total. The van der Waals surface area contributed by atoms with Gasteiger partial charge >= 0.3 is 0 Å². The molecule has 26 heavy (non-hydrogen) atoms. The summed E-state index contributed by atoms with van der Waals surface area (Å²) >= 11 is 0. The highest BCUT2D eigenvalue weighted by molar-refractivity contribution is 5.98. The van der Waals surface area contributed by atoms with Crippen LogP contribution < -0.4 is 5.32 Å². The first kappa shape index (κ1) is 18.2. The third kappa shape index (κ3) is 4.15. The van der Waals surface area contributed by atoms with Gasteiger partial charge in [0, 0.05) is 43.1 Å². The monoisotopic (exact) mass is 361 g/mol. The van der Waals surface area contributed by atoms with E-state index in [1.165, 1.54) is 0 Å². The van der Waals surface area contributed by atoms with Crippen LogP contribution in [0.25, 0.3) is 10.9 Å². The SMILES string of the molecule is C[C@@H]1CN(C(=O)c2ccc3cccnc3c2)C[C@H]1NC(=O)CCC(F)F. The van der Waals surface area contributed by atoms with Crippen molar-refractivity contribution in [2.45, 2.75) is 32.2 Å². The van der Waals surface area contributed by atoms with E-state index in [4.69, 9.17) is 0 Å². The molecule has 2 atom stereocenters. The lowest BCUT2D eigenvalue weighted by Crippen LogP contribution is -2.40. The van der Waals surface area contributed by atoms with Gasteiger partial charge in [0.05, 0.1) is 11.6 Å². The number of hydrogen-bond donors (Lipinski definition) is 1. The molecule has 0 saturated carbocycles. The van der Waals surface area contributed by atoms with Crippen molar-refractivity contribution in [1.82, 2.24) is 15.2 Å². The number of amides is 2. The Labute approximate surface area is 150 Å². The van der Waals surface area contributed by atoms with Gasteiger partial charge in [-0.2, -0.15) is 0 Å². The maximum absolute atomic E-state index is 12.8. The summed E-state index contributed by atoms with van der Waals surface area (Å²) < 4.78 is 24.4. The van der Waals surface area contributed by atoms with Gasteiger partial charge in [0.1, 0.15) is 0 Å². The highest BCUT2D eigenvalue weighted by atomic mass is 19.3. The normalized spacial score (nSPS) is 19.9. The molecule has 0 spiro atoms. The van der Waals surface area contributed by atoms with E-state index in [0.717, 1.165) is 10.9 Å². The second-order valence-electron chi connectivity index (χ2n) is 6.70. The number of halogens is 2. The van der Waals surface area contributed by atoms with Crippen LogP contribution in [0, 0.1) is 5.92 Å². The van der Waals surface area contributed by atoms with Crippen molar-refractivity contribution in [3.8, 4) is 0 Å². The average Bonchev–Trinajstić information content (AvgIpc) is 2.99. The van der Waals surface area contributed by atoms with Crippen LogP contribution in [0.3, 0.4) is 0 Å². The van der Waals surface area contributed by atoms with Gasteiger partial charge in [-0.05, 0) is 24.1 Å². The first-order chi connectivity index (χ1) is 12.4. The van der Waals surface area contributed by atoms with Crippen molar-refractivity contribution in [3.63, 3.8) is 0 Å². The van der Waals surface area contributed by atoms with Crippen molar-refractivity contribution in [2.75, 3.05) is 13.1 Å². The number of pyridine rings is 1. The van der Waals surface area contributed by atoms with Gasteiger partial charge in [-0.15, -0.1) is 0 Å². The molecule has 2 amide bonds. The van der Waals surface area contributed by atoms with Crippen LogP contribution in [0.4, 0.5) is 8.78 Å². The number of alkyl halides is 2. The molecule has 3 rings (SSSR count). The Morgan fingerprint density at radius 1 is 1.31 bits per heavy atom. The Bertz CT molecular complexity index is 812. The lowest BCUT2D eigenvalue weighted by molar-refractivity contribution is -0.122. The molecule has 1 fully saturated rings. The summed E-state index contributed by atoms with van der Waals surface area (Å²) in [4.78, 5) is 30.5. The summed E-state index contributed by atoms with van der Waals surface area (Å²) in [5, 5.41) is 3.73. The average molecular weight is 361 g/mol. The first-order valence-corrected chi connectivity index (χ1v) is 8.65. The molecule has 0 aliphatic carbocycles. The van der Waals surface area contributed by atoms with Crippen LogP contribution in [-0.2, 0) is 4.79 Å². The number of aromatic nitrogens is 1. The van der Waals surface area contributed by atoms with Crippen LogP contribution in [0.5, 0.6) is 0 Å². The second kappa shape index (κ2) is 7.76. The van der Waals surface area contributed by atoms with E-state index in [2.05, 4.69) is 10.3 Å². The standard InChI is InChI=1S/C19H21F2N3O2/c1-12-10-24(11-16(12)23-18(25)7-6-17(20)21)19(26)14-5-4-13-3-2-8-22-15(13)9-14/h2-5,8-9,12,16-17H,6-7,10-11H2,1H3,(H,23,25)/t12-,16-/m1/s1. The van der Waals surface area contributed by atoms with E-state index >= 15 is 0 Å². The number of carbonyl (C=O) groups excluding carboxylic acids is 2. The van der Waals surface area contributed by atoms with Gasteiger partial charge in [0.25, 0.3) is 5.91 Å². The Kier molecular flexibility index (Phi) is 5.44. The predicted molar refractivity (Wildman–Crippen MR) is 94.0 cm³/mol. The zero-order chi connectivity index (χ0) is 18.7. The van der Waals surface area contributed by atoms with Crippen molar-refractivity contribution in [3.05, 3.63) is 42.1 Å². The van der Waals surface area contributed by atoms with Crippen LogP contribution in [0.1, 0.15) is 30.1 Å². The predicted octanol–water partition coefficient (Wildman–Crippen LogP) is 2.86. The Hall–Kier alpha value is -2.57. The Morgan fingerprint density at radius 3 is 2.88 bits per heavy atom. The smallest absolute Gasteiger partial charge is 0.254 e. The number of likely N-dealkylation sites (tertiary alicyclic amines) is 1. The zero-order valence-corrected chi connectivity index (χ0v) is 14.5. The lowest BCUT2D eigenvalue weighted by Gasteiger charge is -2.17. The van der Waals surface area contributed by atoms with Crippen LogP contribution in [0.2, 0.25) is 0 Å². The molecule has 1 saturated heterocycles. The molecule has 1 N–H and O–H groups in total. The molecular weight excluding hydrogens is 340 g/mol. The number of rotatable bonds is 5. The summed E-state index contributed by atoms with van der Waals surface area (Å²) in [5.74, 6) is -0.451. The lowest BCUT2D eigenvalue weighted by atomic mass is 10.1. The fourth-order valence-electron chi connectivity index (χ4n) is 3.22. The first-order valence-electron chi connectivity index (χ1n) is 8.65. The minimum Gasteiger partial charge on any atom is -0.351 e. The van der Waals surface area contributed by atoms with Gasteiger partial charge in [0.15, 0.2) is 0 Å². The van der Waals surface area contributed by atoms with Gasteiger partial charge in [-0.1, -0.05) is 19.1 Å². The van der Waals surface area contributed by atoms with Gasteiger partial charge in [-0.25, -0.2) is 8.78 Å². The summed E-state index contributed by atoms with van der Waals surface area (Å²) in [7, 11) is 0. The number of carbonyl (C=O) groups is 2. The van der Waals surface area contributed by atoms with Crippen LogP contribution in [-0.4, -0.2) is 47.3 Å². The minimum absolute atomic E-state index is 0.0630. The van der Waals surface area contributed by atoms with Crippen molar-refractivity contribution in [1.29, 1.82) is 0 Å². The van der Waals surface area contributed by atoms with Gasteiger partial charge in [0.2, 0.25) is 12.3 Å². The van der Waals surface area contributed by atoms with E-state index in [1.54, 1.807) is 23.2 Å². The molecule has 1 aliphatic heterocycles. The van der Waals surface area contributed by atoms with Crippen molar-refractivity contribution >= 4 is 22.7 Å². The molecule has 1 aromatic carbocycles. The van der Waals surface area contributed by atoms with Crippen molar-refractivity contribution in [2.24, 2.45) is 5.92 Å². The van der Waals surface area contributed by atoms with E-state index in [1.807, 2.05) is 25.1 Å². The Morgan fingerprint density at radius 2 is 2.12 bits per heavy atom. The van der Waals surface area contributed by atoms with E-state index in [9.17, 15) is 18.4 Å². The zero-order valence-electron chi connectivity index (χ0n) is 14.5. The summed E-state index contributed by atoms with van der Waals surface area (Å²) in [6.07, 6.45) is -1.45. The molecule has 1 aromatic heterocycles. The summed E-state index contributed by atoms with van der Waals surface area (Å²) in [5.41, 5.74) is 1.30. The molecule has 1 aliphatic rings. The fraction of sp³-hybridized carbons (Fsp3) is 0.421. The topological polar surface area (TPSA) is 62.3 Å². The van der Waals surface area contributed by atoms with Crippen molar-refractivity contribution < 1.29 is 18.4 Å². The number of fused-ring (bicyclic) bond motifs is 1. The summed E-state index contributed by atoms with van der Waals surface area (Å²) in [6, 6.07) is 8.94.